The summed E-state index contributed by atoms with van der Waals surface area (Å²) in [5, 5.41) is 4.53. The summed E-state index contributed by atoms with van der Waals surface area (Å²) in [7, 11) is 1.44. The van der Waals surface area contributed by atoms with Crippen molar-refractivity contribution in [1.29, 1.82) is 0 Å². The van der Waals surface area contributed by atoms with E-state index in [-0.39, 0.29) is 11.3 Å². The minimum Gasteiger partial charge on any atom is -0.494 e. The summed E-state index contributed by atoms with van der Waals surface area (Å²) in [5.74, 6) is 0.327. The Labute approximate surface area is 152 Å². The van der Waals surface area contributed by atoms with Gasteiger partial charge in [0, 0.05) is 24.2 Å². The van der Waals surface area contributed by atoms with Crippen LogP contribution in [0.4, 0.5) is 4.39 Å². The highest BCUT2D eigenvalue weighted by atomic mass is 19.1. The van der Waals surface area contributed by atoms with E-state index < -0.39 is 5.82 Å². The average Bonchev–Trinajstić information content (AvgIpc) is 3.31. The third-order valence-electron chi connectivity index (χ3n) is 5.22. The topological polar surface area (TPSA) is 47.4 Å². The van der Waals surface area contributed by atoms with E-state index >= 15 is 0 Å². The van der Waals surface area contributed by atoms with E-state index in [1.807, 2.05) is 6.07 Å². The third-order valence-corrected chi connectivity index (χ3v) is 5.22. The Morgan fingerprint density at radius 3 is 2.65 bits per heavy atom. The molecule has 0 N–H and O–H groups in total. The van der Waals surface area contributed by atoms with Crippen molar-refractivity contribution in [3.63, 3.8) is 0 Å². The first-order chi connectivity index (χ1) is 12.6. The first-order valence-electron chi connectivity index (χ1n) is 9.31. The van der Waals surface area contributed by atoms with Crippen molar-refractivity contribution in [3.05, 3.63) is 46.0 Å². The van der Waals surface area contributed by atoms with Crippen molar-refractivity contribution < 1.29 is 9.13 Å². The van der Waals surface area contributed by atoms with E-state index in [0.29, 0.717) is 30.3 Å². The Hall–Kier alpha value is -2.21. The van der Waals surface area contributed by atoms with E-state index in [2.05, 4.69) is 10.00 Å². The molecule has 2 heterocycles. The van der Waals surface area contributed by atoms with Gasteiger partial charge in [-0.3, -0.25) is 9.69 Å². The molecule has 0 spiro atoms. The number of ether oxygens (including phenoxy) is 1. The molecule has 0 bridgehead atoms. The molecule has 2 aliphatic rings. The zero-order valence-corrected chi connectivity index (χ0v) is 15.1. The number of aromatic nitrogens is 2. The van der Waals surface area contributed by atoms with E-state index in [9.17, 15) is 9.18 Å². The van der Waals surface area contributed by atoms with Crippen LogP contribution in [0.25, 0.3) is 11.3 Å². The first-order valence-corrected chi connectivity index (χ1v) is 9.31. The minimum absolute atomic E-state index is 0.0125. The van der Waals surface area contributed by atoms with Gasteiger partial charge in [0.15, 0.2) is 11.6 Å². The van der Waals surface area contributed by atoms with Crippen molar-refractivity contribution in [2.75, 3.05) is 20.2 Å². The molecule has 1 aliphatic heterocycles. The second kappa shape index (κ2) is 7.19. The molecule has 0 atom stereocenters. The molecule has 26 heavy (non-hydrogen) atoms. The summed E-state index contributed by atoms with van der Waals surface area (Å²) >= 11 is 0. The fraction of sp³-hybridized carbons (Fsp3) is 0.500. The standard InChI is InChI=1S/C20H24FN3O2/c1-26-19-7-6-15(10-17(19)21)18-11-16(13-23-8-2-3-9-23)20(25)24(22-18)12-14-4-5-14/h6-7,10-11,14H,2-5,8-9,12-13H2,1H3. The van der Waals surface area contributed by atoms with Crippen LogP contribution in [0.5, 0.6) is 5.75 Å². The summed E-state index contributed by atoms with van der Waals surface area (Å²) < 4.78 is 20.7. The van der Waals surface area contributed by atoms with Gasteiger partial charge < -0.3 is 4.74 Å². The molecule has 2 fully saturated rings. The zero-order chi connectivity index (χ0) is 18.1. The maximum atomic E-state index is 14.1. The number of rotatable bonds is 6. The Kier molecular flexibility index (Phi) is 4.76. The lowest BCUT2D eigenvalue weighted by Gasteiger charge is -2.16. The first kappa shape index (κ1) is 17.2. The molecular weight excluding hydrogens is 333 g/mol. The molecule has 0 radical (unpaired) electrons. The van der Waals surface area contributed by atoms with Crippen molar-refractivity contribution in [2.45, 2.75) is 38.8 Å². The normalized spacial score (nSPS) is 17.6. The average molecular weight is 357 g/mol. The van der Waals surface area contributed by atoms with Crippen LogP contribution in [0.3, 0.4) is 0 Å². The highest BCUT2D eigenvalue weighted by Gasteiger charge is 2.24. The van der Waals surface area contributed by atoms with Gasteiger partial charge in [-0.05, 0) is 69.0 Å². The minimum atomic E-state index is -0.423. The number of hydrogen-bond donors (Lipinski definition) is 0. The number of halogens is 1. The highest BCUT2D eigenvalue weighted by molar-refractivity contribution is 5.60. The number of nitrogens with zero attached hydrogens (tertiary/aromatic N) is 3. The molecule has 1 aromatic carbocycles. The smallest absolute Gasteiger partial charge is 0.271 e. The van der Waals surface area contributed by atoms with Crippen LogP contribution in [-0.4, -0.2) is 34.9 Å². The molecule has 138 valence electrons. The van der Waals surface area contributed by atoms with Crippen LogP contribution >= 0.6 is 0 Å². The van der Waals surface area contributed by atoms with E-state index in [1.165, 1.54) is 26.0 Å². The van der Waals surface area contributed by atoms with E-state index in [1.54, 1.807) is 16.8 Å². The molecule has 4 rings (SSSR count). The van der Waals surface area contributed by atoms with Crippen LogP contribution in [0.1, 0.15) is 31.2 Å². The summed E-state index contributed by atoms with van der Waals surface area (Å²) in [6.07, 6.45) is 4.66. The maximum absolute atomic E-state index is 14.1. The molecule has 6 heteroatoms. The molecule has 0 unspecified atom stereocenters. The Morgan fingerprint density at radius 2 is 2.00 bits per heavy atom. The fourth-order valence-corrected chi connectivity index (χ4v) is 3.53. The van der Waals surface area contributed by atoms with Gasteiger partial charge >= 0.3 is 0 Å². The zero-order valence-electron chi connectivity index (χ0n) is 15.1. The monoisotopic (exact) mass is 357 g/mol. The molecule has 1 aromatic heterocycles. The van der Waals surface area contributed by atoms with Crippen molar-refractivity contribution in [1.82, 2.24) is 14.7 Å². The summed E-state index contributed by atoms with van der Waals surface area (Å²) in [6, 6.07) is 6.64. The van der Waals surface area contributed by atoms with E-state index in [0.717, 1.165) is 31.5 Å². The summed E-state index contributed by atoms with van der Waals surface area (Å²) in [6.45, 7) is 3.34. The maximum Gasteiger partial charge on any atom is 0.271 e. The van der Waals surface area contributed by atoms with Gasteiger partial charge in [-0.25, -0.2) is 9.07 Å². The second-order valence-corrected chi connectivity index (χ2v) is 7.32. The number of hydrogen-bond acceptors (Lipinski definition) is 4. The molecule has 1 aliphatic carbocycles. The Balaban J connectivity index is 1.72. The molecule has 1 saturated heterocycles. The largest absolute Gasteiger partial charge is 0.494 e. The van der Waals surface area contributed by atoms with Crippen molar-refractivity contribution >= 4 is 0 Å². The third kappa shape index (κ3) is 3.65. The van der Waals surface area contributed by atoms with Gasteiger partial charge in [0.05, 0.1) is 12.8 Å². The highest BCUT2D eigenvalue weighted by Crippen LogP contribution is 2.30. The SMILES string of the molecule is COc1ccc(-c2cc(CN3CCCC3)c(=O)n(CC3CC3)n2)cc1F. The molecule has 0 amide bonds. The number of methoxy groups -OCH3 is 1. The predicted octanol–water partition coefficient (Wildman–Crippen LogP) is 3.06. The number of benzene rings is 1. The summed E-state index contributed by atoms with van der Waals surface area (Å²) in [5.41, 5.74) is 2.03. The lowest BCUT2D eigenvalue weighted by molar-refractivity contribution is 0.327. The van der Waals surface area contributed by atoms with Crippen LogP contribution in [0, 0.1) is 11.7 Å². The van der Waals surface area contributed by atoms with Gasteiger partial charge in [0.2, 0.25) is 0 Å². The van der Waals surface area contributed by atoms with Gasteiger partial charge in [-0.2, -0.15) is 5.10 Å². The Bertz CT molecular complexity index is 855. The van der Waals surface area contributed by atoms with Gasteiger partial charge in [0.25, 0.3) is 5.56 Å². The van der Waals surface area contributed by atoms with Crippen LogP contribution in [0.2, 0.25) is 0 Å². The molecule has 2 aromatic rings. The Morgan fingerprint density at radius 1 is 1.23 bits per heavy atom. The van der Waals surface area contributed by atoms with E-state index in [4.69, 9.17) is 4.74 Å². The van der Waals surface area contributed by atoms with Gasteiger partial charge in [-0.15, -0.1) is 0 Å². The second-order valence-electron chi connectivity index (χ2n) is 7.32. The fourth-order valence-electron chi connectivity index (χ4n) is 3.53. The summed E-state index contributed by atoms with van der Waals surface area (Å²) in [4.78, 5) is 15.2. The van der Waals surface area contributed by atoms with Crippen LogP contribution in [0.15, 0.2) is 29.1 Å². The predicted molar refractivity (Wildman–Crippen MR) is 97.7 cm³/mol. The van der Waals surface area contributed by atoms with Crippen LogP contribution < -0.4 is 10.3 Å². The lowest BCUT2D eigenvalue weighted by Crippen LogP contribution is -2.31. The van der Waals surface area contributed by atoms with Crippen molar-refractivity contribution in [3.8, 4) is 17.0 Å². The van der Waals surface area contributed by atoms with Crippen molar-refractivity contribution in [2.24, 2.45) is 5.92 Å². The number of likely N-dealkylation sites (tertiary alicyclic amines) is 1. The van der Waals surface area contributed by atoms with Crippen LogP contribution in [-0.2, 0) is 13.1 Å². The molecule has 1 saturated carbocycles. The van der Waals surface area contributed by atoms with Gasteiger partial charge in [0.1, 0.15) is 0 Å². The lowest BCUT2D eigenvalue weighted by atomic mass is 10.1. The quantitative estimate of drug-likeness (QED) is 0.797. The molecule has 5 nitrogen and oxygen atoms in total. The van der Waals surface area contributed by atoms with Gasteiger partial charge in [-0.1, -0.05) is 0 Å². The molecular formula is C20H24FN3O2.